The van der Waals surface area contributed by atoms with Crippen LogP contribution < -0.4 is 10.1 Å². The minimum atomic E-state index is -0.355. The number of amides is 4. The maximum atomic E-state index is 13.1. The van der Waals surface area contributed by atoms with Gasteiger partial charge in [-0.1, -0.05) is 30.3 Å². The second-order valence-electron chi connectivity index (χ2n) is 8.58. The van der Waals surface area contributed by atoms with Crippen molar-refractivity contribution in [3.63, 3.8) is 0 Å². The molecule has 1 N–H and O–H groups in total. The molecule has 0 aromatic heterocycles. The summed E-state index contributed by atoms with van der Waals surface area (Å²) in [5.74, 6) is -0.746. The van der Waals surface area contributed by atoms with Crippen LogP contribution in [0.1, 0.15) is 59.5 Å². The van der Waals surface area contributed by atoms with Crippen LogP contribution in [0.3, 0.4) is 0 Å². The van der Waals surface area contributed by atoms with Gasteiger partial charge >= 0.3 is 0 Å². The van der Waals surface area contributed by atoms with Crippen LogP contribution in [-0.4, -0.2) is 54.1 Å². The number of hydrogen-bond acceptors (Lipinski definition) is 5. The Hall–Kier alpha value is -4.46. The Labute approximate surface area is 209 Å². The molecule has 3 aromatic carbocycles. The molecule has 8 heteroatoms. The van der Waals surface area contributed by atoms with Crippen LogP contribution in [0.2, 0.25) is 0 Å². The molecule has 0 radical (unpaired) electrons. The van der Waals surface area contributed by atoms with Crippen LogP contribution >= 0.6 is 0 Å². The Morgan fingerprint density at radius 1 is 0.889 bits per heavy atom. The molecule has 1 heterocycles. The molecule has 0 unspecified atom stereocenters. The molecule has 4 amide bonds. The third-order valence-electron chi connectivity index (χ3n) is 5.87. The maximum Gasteiger partial charge on any atom is 0.261 e. The van der Waals surface area contributed by atoms with Gasteiger partial charge < -0.3 is 15.0 Å². The number of nitrogens with one attached hydrogen (secondary N) is 1. The van der Waals surface area contributed by atoms with Crippen molar-refractivity contribution in [1.82, 2.24) is 15.1 Å². The monoisotopic (exact) mass is 485 g/mol. The van der Waals surface area contributed by atoms with E-state index in [1.165, 1.54) is 9.80 Å². The average molecular weight is 486 g/mol. The first kappa shape index (κ1) is 24.7. The van der Waals surface area contributed by atoms with Crippen molar-refractivity contribution in [1.29, 1.82) is 0 Å². The van der Waals surface area contributed by atoms with Crippen molar-refractivity contribution in [3.05, 3.63) is 100 Å². The normalized spacial score (nSPS) is 12.4. The lowest BCUT2D eigenvalue weighted by molar-refractivity contribution is 0.0641. The quantitative estimate of drug-likeness (QED) is 0.493. The van der Waals surface area contributed by atoms with E-state index in [1.54, 1.807) is 80.8 Å². The number of carbonyl (C=O) groups excluding carboxylic acids is 4. The van der Waals surface area contributed by atoms with E-state index >= 15 is 0 Å². The fourth-order valence-electron chi connectivity index (χ4n) is 4.00. The van der Waals surface area contributed by atoms with Crippen LogP contribution in [0.15, 0.2) is 66.7 Å². The van der Waals surface area contributed by atoms with E-state index in [0.717, 1.165) is 5.56 Å². The number of nitrogens with zero attached hydrogens (tertiary/aromatic N) is 2. The van der Waals surface area contributed by atoms with Crippen molar-refractivity contribution < 1.29 is 23.9 Å². The highest BCUT2D eigenvalue weighted by Gasteiger charge is 2.35. The van der Waals surface area contributed by atoms with E-state index in [-0.39, 0.29) is 36.7 Å². The molecule has 0 aliphatic carbocycles. The average Bonchev–Trinajstić information content (AvgIpc) is 3.13. The summed E-state index contributed by atoms with van der Waals surface area (Å²) in [6, 6.07) is 18.8. The fraction of sp³-hybridized carbons (Fsp3) is 0.214. The van der Waals surface area contributed by atoms with E-state index in [1.807, 2.05) is 6.92 Å². The minimum absolute atomic E-state index is 0.0421. The summed E-state index contributed by atoms with van der Waals surface area (Å²) >= 11 is 0. The topological polar surface area (TPSA) is 96.0 Å². The molecule has 4 rings (SSSR count). The molecule has 1 aliphatic rings. The van der Waals surface area contributed by atoms with Gasteiger partial charge in [0, 0.05) is 26.2 Å². The highest BCUT2D eigenvalue weighted by molar-refractivity contribution is 6.21. The minimum Gasteiger partial charge on any atom is -0.493 e. The summed E-state index contributed by atoms with van der Waals surface area (Å²) in [5, 5.41) is 2.88. The number of benzene rings is 3. The van der Waals surface area contributed by atoms with E-state index in [0.29, 0.717) is 40.2 Å². The van der Waals surface area contributed by atoms with Gasteiger partial charge in [-0.05, 0) is 54.4 Å². The second kappa shape index (κ2) is 10.4. The van der Waals surface area contributed by atoms with Gasteiger partial charge in [-0.3, -0.25) is 24.1 Å². The number of carbonyl (C=O) groups is 4. The van der Waals surface area contributed by atoms with Crippen LogP contribution in [0.4, 0.5) is 0 Å². The molecule has 0 fully saturated rings. The van der Waals surface area contributed by atoms with Crippen molar-refractivity contribution in [2.75, 3.05) is 20.7 Å². The predicted molar refractivity (Wildman–Crippen MR) is 134 cm³/mol. The first-order valence-electron chi connectivity index (χ1n) is 11.6. The van der Waals surface area contributed by atoms with Gasteiger partial charge in [0.15, 0.2) is 0 Å². The number of fused-ring (bicyclic) bond motifs is 1. The lowest BCUT2D eigenvalue weighted by atomic mass is 10.1. The zero-order chi connectivity index (χ0) is 25.8. The van der Waals surface area contributed by atoms with Gasteiger partial charge in [0.25, 0.3) is 23.6 Å². The van der Waals surface area contributed by atoms with Crippen molar-refractivity contribution in [3.8, 4) is 5.75 Å². The van der Waals surface area contributed by atoms with Crippen LogP contribution in [0.5, 0.6) is 5.75 Å². The summed E-state index contributed by atoms with van der Waals surface area (Å²) in [6.07, 6.45) is 0. The molecule has 3 aromatic rings. The molecule has 36 heavy (non-hydrogen) atoms. The molecular formula is C28H27N3O5. The van der Waals surface area contributed by atoms with E-state index in [2.05, 4.69) is 5.32 Å². The van der Waals surface area contributed by atoms with Crippen molar-refractivity contribution >= 4 is 23.6 Å². The summed E-state index contributed by atoms with van der Waals surface area (Å²) in [4.78, 5) is 53.3. The zero-order valence-corrected chi connectivity index (χ0v) is 20.4. The van der Waals surface area contributed by atoms with Crippen molar-refractivity contribution in [2.45, 2.75) is 20.0 Å². The van der Waals surface area contributed by atoms with Crippen LogP contribution in [0.25, 0.3) is 0 Å². The molecule has 0 saturated carbocycles. The molecule has 0 saturated heterocycles. The van der Waals surface area contributed by atoms with Gasteiger partial charge in [-0.2, -0.15) is 0 Å². The lowest BCUT2D eigenvalue weighted by Gasteiger charge is -2.16. The Bertz CT molecular complexity index is 1300. The first-order valence-corrected chi connectivity index (χ1v) is 11.6. The molecule has 0 bridgehead atoms. The van der Waals surface area contributed by atoms with Gasteiger partial charge in [0.1, 0.15) is 5.75 Å². The molecule has 184 valence electrons. The smallest absolute Gasteiger partial charge is 0.261 e. The highest BCUT2D eigenvalue weighted by Crippen LogP contribution is 2.26. The predicted octanol–water partition coefficient (Wildman–Crippen LogP) is 3.51. The van der Waals surface area contributed by atoms with E-state index < -0.39 is 0 Å². The lowest BCUT2D eigenvalue weighted by Crippen LogP contribution is -2.29. The largest absolute Gasteiger partial charge is 0.493 e. The molecule has 8 nitrogen and oxygen atoms in total. The molecule has 1 aliphatic heterocycles. The summed E-state index contributed by atoms with van der Waals surface area (Å²) in [6.45, 7) is 2.49. The standard InChI is InChI=1S/C28H27N3O5/c1-4-36-24-14-11-19(17-31-27(34)21-7-5-6-8-22(21)28(31)35)15-23(24)25(32)29-16-18-9-12-20(13-10-18)26(33)30(2)3/h5-15H,4,16-17H2,1-3H3,(H,29,32). The maximum absolute atomic E-state index is 13.1. The fourth-order valence-corrected chi connectivity index (χ4v) is 4.00. The van der Waals surface area contributed by atoms with Gasteiger partial charge in [-0.15, -0.1) is 0 Å². The molecular weight excluding hydrogens is 458 g/mol. The van der Waals surface area contributed by atoms with Gasteiger partial charge in [-0.25, -0.2) is 0 Å². The SMILES string of the molecule is CCOc1ccc(CN2C(=O)c3ccccc3C2=O)cc1C(=O)NCc1ccc(C(=O)N(C)C)cc1. The van der Waals surface area contributed by atoms with Gasteiger partial charge in [0.05, 0.1) is 29.8 Å². The Kier molecular flexibility index (Phi) is 7.15. The highest BCUT2D eigenvalue weighted by atomic mass is 16.5. The van der Waals surface area contributed by atoms with Gasteiger partial charge in [0.2, 0.25) is 0 Å². The number of ether oxygens (including phenoxy) is 1. The van der Waals surface area contributed by atoms with Crippen LogP contribution in [0, 0.1) is 0 Å². The third kappa shape index (κ3) is 4.98. The Balaban J connectivity index is 1.49. The number of rotatable bonds is 8. The summed E-state index contributed by atoms with van der Waals surface area (Å²) in [5.41, 5.74) is 3.10. The van der Waals surface area contributed by atoms with Crippen LogP contribution in [-0.2, 0) is 13.1 Å². The summed E-state index contributed by atoms with van der Waals surface area (Å²) in [7, 11) is 3.38. The summed E-state index contributed by atoms with van der Waals surface area (Å²) < 4.78 is 5.64. The second-order valence-corrected chi connectivity index (χ2v) is 8.58. The number of hydrogen-bond donors (Lipinski definition) is 1. The zero-order valence-electron chi connectivity index (χ0n) is 20.4. The number of imide groups is 1. The first-order chi connectivity index (χ1) is 17.3. The molecule has 0 spiro atoms. The third-order valence-corrected chi connectivity index (χ3v) is 5.87. The molecule has 0 atom stereocenters. The Morgan fingerprint density at radius 2 is 1.50 bits per heavy atom. The van der Waals surface area contributed by atoms with Crippen molar-refractivity contribution in [2.24, 2.45) is 0 Å². The van der Waals surface area contributed by atoms with E-state index in [9.17, 15) is 19.2 Å². The Morgan fingerprint density at radius 3 is 2.08 bits per heavy atom. The van der Waals surface area contributed by atoms with E-state index in [4.69, 9.17) is 4.74 Å².